The zero-order valence-corrected chi connectivity index (χ0v) is 44.7. The average molecular weight is 949 g/mol. The highest BCUT2D eigenvalue weighted by molar-refractivity contribution is 5.77. The standard InChI is InChI=1S/C62H109NO5/c1-4-7-10-13-16-19-22-25-28-30-31-32-34-37-40-43-46-49-52-55-62(67)68-58(53-50-47-44-41-38-35-33-29-26-23-20-17-14-11-8-5-2)56-61(66)63-59(57-64)60(65)54-51-48-45-42-39-36-27-24-21-18-15-12-9-6-3/h7,10,16,19,25,28-29,31-33,35,37-38,40,58-60,64-65H,4-6,8-9,11-15,17-18,20-24,26-27,30,34,36,39,41-57H2,1-3H3,(H,63,66)/b10-7-,19-16-,28-25-,32-31-,33-29+,38-35+,40-37-. The van der Waals surface area contributed by atoms with E-state index in [4.69, 9.17) is 4.74 Å². The molecular formula is C62H109NO5. The lowest BCUT2D eigenvalue weighted by atomic mass is 10.0. The van der Waals surface area contributed by atoms with Gasteiger partial charge in [0.1, 0.15) is 6.10 Å². The van der Waals surface area contributed by atoms with Crippen molar-refractivity contribution in [3.05, 3.63) is 85.1 Å². The summed E-state index contributed by atoms with van der Waals surface area (Å²) in [5.74, 6) is -0.537. The summed E-state index contributed by atoms with van der Waals surface area (Å²) in [4.78, 5) is 26.3. The number of rotatable bonds is 51. The SMILES string of the molecule is CC/C=C\C/C=C\C/C=C\C/C=C\C/C=C\CCCCCC(=O)OC(CCCCC/C=C/C=C/CCCCCCCCC)CC(=O)NC(CO)C(O)CCCCCCCCCCCCCCCC. The molecule has 3 unspecified atom stereocenters. The summed E-state index contributed by atoms with van der Waals surface area (Å²) >= 11 is 0. The molecule has 0 aliphatic rings. The van der Waals surface area contributed by atoms with E-state index in [2.05, 4.69) is 111 Å². The minimum Gasteiger partial charge on any atom is -0.462 e. The van der Waals surface area contributed by atoms with Crippen LogP contribution in [0.25, 0.3) is 0 Å². The van der Waals surface area contributed by atoms with E-state index in [9.17, 15) is 19.8 Å². The monoisotopic (exact) mass is 948 g/mol. The van der Waals surface area contributed by atoms with E-state index >= 15 is 0 Å². The maximum absolute atomic E-state index is 13.3. The molecule has 6 heteroatoms. The van der Waals surface area contributed by atoms with Gasteiger partial charge in [-0.3, -0.25) is 9.59 Å². The second-order valence-corrected chi connectivity index (χ2v) is 19.3. The van der Waals surface area contributed by atoms with Crippen LogP contribution < -0.4 is 5.32 Å². The van der Waals surface area contributed by atoms with Gasteiger partial charge in [-0.2, -0.15) is 0 Å². The Morgan fingerprint density at radius 3 is 1.31 bits per heavy atom. The van der Waals surface area contributed by atoms with Gasteiger partial charge in [0.15, 0.2) is 0 Å². The largest absolute Gasteiger partial charge is 0.462 e. The maximum atomic E-state index is 13.3. The number of hydrogen-bond donors (Lipinski definition) is 3. The Morgan fingerprint density at radius 2 is 0.838 bits per heavy atom. The number of carbonyl (C=O) groups is 2. The van der Waals surface area contributed by atoms with Gasteiger partial charge < -0.3 is 20.3 Å². The summed E-state index contributed by atoms with van der Waals surface area (Å²) in [5, 5.41) is 23.9. The van der Waals surface area contributed by atoms with Crippen LogP contribution in [0, 0.1) is 0 Å². The van der Waals surface area contributed by atoms with Gasteiger partial charge in [0, 0.05) is 6.42 Å². The van der Waals surface area contributed by atoms with Crippen LogP contribution >= 0.6 is 0 Å². The minimum atomic E-state index is -0.805. The van der Waals surface area contributed by atoms with Gasteiger partial charge in [-0.25, -0.2) is 0 Å². The summed E-state index contributed by atoms with van der Waals surface area (Å²) in [6.07, 6.45) is 72.2. The van der Waals surface area contributed by atoms with E-state index < -0.39 is 18.2 Å². The van der Waals surface area contributed by atoms with Crippen LogP contribution in [0.15, 0.2) is 85.1 Å². The van der Waals surface area contributed by atoms with Crippen molar-refractivity contribution in [2.45, 2.75) is 289 Å². The third-order valence-corrected chi connectivity index (χ3v) is 12.7. The molecular weight excluding hydrogens is 839 g/mol. The van der Waals surface area contributed by atoms with Crippen LogP contribution in [0.5, 0.6) is 0 Å². The lowest BCUT2D eigenvalue weighted by Crippen LogP contribution is -2.46. The number of hydrogen-bond acceptors (Lipinski definition) is 5. The first-order chi connectivity index (χ1) is 33.5. The normalized spacial score (nSPS) is 13.8. The third-order valence-electron chi connectivity index (χ3n) is 12.7. The highest BCUT2D eigenvalue weighted by Crippen LogP contribution is 2.17. The molecule has 0 aromatic heterocycles. The highest BCUT2D eigenvalue weighted by atomic mass is 16.5. The van der Waals surface area contributed by atoms with Crippen LogP contribution in [0.3, 0.4) is 0 Å². The van der Waals surface area contributed by atoms with Crippen LogP contribution in [-0.2, 0) is 14.3 Å². The van der Waals surface area contributed by atoms with Crippen molar-refractivity contribution in [2.75, 3.05) is 6.61 Å². The van der Waals surface area contributed by atoms with Gasteiger partial charge in [0.2, 0.25) is 5.91 Å². The van der Waals surface area contributed by atoms with Gasteiger partial charge in [-0.15, -0.1) is 0 Å². The quantitative estimate of drug-likeness (QED) is 0.0244. The fraction of sp³-hybridized carbons (Fsp3) is 0.742. The van der Waals surface area contributed by atoms with Gasteiger partial charge in [-0.05, 0) is 96.3 Å². The first-order valence-corrected chi connectivity index (χ1v) is 28.8. The lowest BCUT2D eigenvalue weighted by molar-refractivity contribution is -0.151. The number of allylic oxidation sites excluding steroid dienone is 14. The van der Waals surface area contributed by atoms with Gasteiger partial charge in [-0.1, -0.05) is 247 Å². The van der Waals surface area contributed by atoms with Crippen LogP contribution in [0.4, 0.5) is 0 Å². The Balaban J connectivity index is 4.68. The molecule has 392 valence electrons. The molecule has 0 aromatic carbocycles. The smallest absolute Gasteiger partial charge is 0.306 e. The second-order valence-electron chi connectivity index (χ2n) is 19.3. The number of carbonyl (C=O) groups excluding carboxylic acids is 2. The van der Waals surface area contributed by atoms with Crippen molar-refractivity contribution < 1.29 is 24.5 Å². The molecule has 0 bridgehead atoms. The van der Waals surface area contributed by atoms with Crippen molar-refractivity contribution in [2.24, 2.45) is 0 Å². The first-order valence-electron chi connectivity index (χ1n) is 28.8. The zero-order chi connectivity index (χ0) is 49.5. The molecule has 6 nitrogen and oxygen atoms in total. The second kappa shape index (κ2) is 55.0. The Morgan fingerprint density at radius 1 is 0.456 bits per heavy atom. The predicted octanol–water partition coefficient (Wildman–Crippen LogP) is 17.9. The zero-order valence-electron chi connectivity index (χ0n) is 44.7. The molecule has 3 atom stereocenters. The van der Waals surface area contributed by atoms with Crippen molar-refractivity contribution >= 4 is 11.9 Å². The molecule has 0 fully saturated rings. The van der Waals surface area contributed by atoms with Gasteiger partial charge in [0.05, 0.1) is 25.2 Å². The molecule has 0 radical (unpaired) electrons. The summed E-state index contributed by atoms with van der Waals surface area (Å²) in [7, 11) is 0. The van der Waals surface area contributed by atoms with E-state index in [0.717, 1.165) is 109 Å². The van der Waals surface area contributed by atoms with Gasteiger partial charge in [0.25, 0.3) is 0 Å². The number of amides is 1. The van der Waals surface area contributed by atoms with E-state index in [1.165, 1.54) is 116 Å². The molecule has 0 aromatic rings. The average Bonchev–Trinajstić information content (AvgIpc) is 3.33. The van der Waals surface area contributed by atoms with E-state index in [1.54, 1.807) is 0 Å². The summed E-state index contributed by atoms with van der Waals surface area (Å²) in [6.45, 7) is 6.37. The summed E-state index contributed by atoms with van der Waals surface area (Å²) in [6, 6.07) is -0.722. The summed E-state index contributed by atoms with van der Waals surface area (Å²) < 4.78 is 5.94. The Kier molecular flexibility index (Phi) is 52.6. The number of aliphatic hydroxyl groups excluding tert-OH is 2. The highest BCUT2D eigenvalue weighted by Gasteiger charge is 2.24. The molecule has 68 heavy (non-hydrogen) atoms. The molecule has 0 rings (SSSR count). The lowest BCUT2D eigenvalue weighted by Gasteiger charge is -2.24. The van der Waals surface area contributed by atoms with E-state index in [0.29, 0.717) is 19.3 Å². The van der Waals surface area contributed by atoms with Gasteiger partial charge >= 0.3 is 5.97 Å². The van der Waals surface area contributed by atoms with Crippen molar-refractivity contribution in [1.82, 2.24) is 5.32 Å². The van der Waals surface area contributed by atoms with Crippen molar-refractivity contribution in [3.63, 3.8) is 0 Å². The molecule has 0 aliphatic heterocycles. The number of unbranched alkanes of at least 4 members (excludes halogenated alkanes) is 26. The third kappa shape index (κ3) is 49.5. The predicted molar refractivity (Wildman–Crippen MR) is 296 cm³/mol. The Hall–Kier alpha value is -2.96. The van der Waals surface area contributed by atoms with Crippen LogP contribution in [0.2, 0.25) is 0 Å². The number of aliphatic hydroxyl groups is 2. The number of ether oxygens (including phenoxy) is 1. The molecule has 0 saturated heterocycles. The molecule has 0 spiro atoms. The fourth-order valence-corrected chi connectivity index (χ4v) is 8.39. The first kappa shape index (κ1) is 65.0. The minimum absolute atomic E-state index is 0.0430. The van der Waals surface area contributed by atoms with E-state index in [-0.39, 0.29) is 24.9 Å². The molecule has 3 N–H and O–H groups in total. The molecule has 1 amide bonds. The topological polar surface area (TPSA) is 95.9 Å². The Bertz CT molecular complexity index is 1290. The number of esters is 1. The number of nitrogens with one attached hydrogen (secondary N) is 1. The van der Waals surface area contributed by atoms with Crippen LogP contribution in [-0.4, -0.2) is 46.9 Å². The Labute approximate surface area is 421 Å². The van der Waals surface area contributed by atoms with Crippen molar-refractivity contribution in [1.29, 1.82) is 0 Å². The maximum Gasteiger partial charge on any atom is 0.306 e. The summed E-state index contributed by atoms with van der Waals surface area (Å²) in [5.41, 5.74) is 0. The molecule has 0 heterocycles. The van der Waals surface area contributed by atoms with Crippen LogP contribution in [0.1, 0.15) is 271 Å². The molecule has 0 aliphatic carbocycles. The van der Waals surface area contributed by atoms with E-state index in [1.807, 2.05) is 0 Å². The fourth-order valence-electron chi connectivity index (χ4n) is 8.39. The molecule has 0 saturated carbocycles. The van der Waals surface area contributed by atoms with Crippen molar-refractivity contribution in [3.8, 4) is 0 Å².